The first-order valence-corrected chi connectivity index (χ1v) is 7.71. The van der Waals surface area contributed by atoms with Crippen molar-refractivity contribution in [3.8, 4) is 0 Å². The Labute approximate surface area is 139 Å². The van der Waals surface area contributed by atoms with Crippen LogP contribution in [0.5, 0.6) is 0 Å². The molecule has 3 heterocycles. The number of nitrogens with two attached hydrogens (primary N) is 1. The molecular weight excluding hydrogens is 304 g/mol. The number of nitrogens with zero attached hydrogens (tertiary/aromatic N) is 5. The lowest BCUT2D eigenvalue weighted by molar-refractivity contribution is 0.379. The highest BCUT2D eigenvalue weighted by Crippen LogP contribution is 2.27. The Morgan fingerprint density at radius 2 is 2.17 bits per heavy atom. The Morgan fingerprint density at radius 1 is 1.29 bits per heavy atom. The van der Waals surface area contributed by atoms with Gasteiger partial charge in [0.25, 0.3) is 0 Å². The number of allylic oxidation sites excluding steroid dienone is 1. The summed E-state index contributed by atoms with van der Waals surface area (Å²) >= 11 is 0. The number of imidazole rings is 1. The summed E-state index contributed by atoms with van der Waals surface area (Å²) in [5.74, 6) is 1.03. The minimum Gasteiger partial charge on any atom is -0.443 e. The third-order valence-electron chi connectivity index (χ3n) is 4.26. The van der Waals surface area contributed by atoms with Gasteiger partial charge < -0.3 is 19.6 Å². The molecule has 0 saturated carbocycles. The second-order valence-corrected chi connectivity index (χ2v) is 5.87. The molecule has 0 atom stereocenters. The highest BCUT2D eigenvalue weighted by molar-refractivity contribution is 5.90. The van der Waals surface area contributed by atoms with Crippen LogP contribution in [0.4, 0.5) is 0 Å². The van der Waals surface area contributed by atoms with Crippen LogP contribution in [0, 0.1) is 0 Å². The molecule has 4 rings (SSSR count). The molecule has 7 nitrogen and oxygen atoms in total. The van der Waals surface area contributed by atoms with Gasteiger partial charge in [0.2, 0.25) is 5.89 Å². The molecule has 0 saturated heterocycles. The van der Waals surface area contributed by atoms with E-state index in [0.29, 0.717) is 30.5 Å². The monoisotopic (exact) mass is 322 g/mol. The third-order valence-corrected chi connectivity index (χ3v) is 4.26. The molecule has 3 aromatic rings. The number of aliphatic imine (C=N–C) groups is 1. The molecular formula is C17H18N6O. The molecule has 0 radical (unpaired) electrons. The Bertz CT molecular complexity index is 951. The van der Waals surface area contributed by atoms with Crippen molar-refractivity contribution in [2.45, 2.75) is 13.5 Å². The summed E-state index contributed by atoms with van der Waals surface area (Å²) in [6.07, 6.45) is 4.98. The molecule has 0 fully saturated rings. The van der Waals surface area contributed by atoms with Crippen LogP contribution in [0.15, 0.2) is 52.1 Å². The number of oxazole rings is 1. The van der Waals surface area contributed by atoms with Gasteiger partial charge in [-0.05, 0) is 18.6 Å². The maximum absolute atomic E-state index is 6.04. The Hall–Kier alpha value is -3.09. The fraction of sp³-hybridized carbons (Fsp3) is 0.235. The number of amidine groups is 1. The third kappa shape index (κ3) is 2.34. The minimum absolute atomic E-state index is 0.483. The molecule has 0 aliphatic carbocycles. The van der Waals surface area contributed by atoms with Gasteiger partial charge >= 0.3 is 0 Å². The summed E-state index contributed by atoms with van der Waals surface area (Å²) in [5.41, 5.74) is 11.0. The summed E-state index contributed by atoms with van der Waals surface area (Å²) in [5, 5.41) is 0. The first kappa shape index (κ1) is 14.5. The van der Waals surface area contributed by atoms with Gasteiger partial charge in [0, 0.05) is 19.3 Å². The predicted octanol–water partition coefficient (Wildman–Crippen LogP) is 2.12. The van der Waals surface area contributed by atoms with E-state index in [4.69, 9.17) is 10.2 Å². The van der Waals surface area contributed by atoms with E-state index in [1.165, 1.54) is 6.26 Å². The Morgan fingerprint density at radius 3 is 2.96 bits per heavy atom. The van der Waals surface area contributed by atoms with Gasteiger partial charge in [-0.3, -0.25) is 0 Å². The largest absolute Gasteiger partial charge is 0.443 e. The Kier molecular flexibility index (Phi) is 3.34. The standard InChI is InChI=1S/C17H18N6O/c1-11-15(17-19-6-7-24-17)21-14(18)9-23(11)8-12-4-3-5-13-16(12)20-10-22(13)2/h3-7,10H,8-9H2,1-2H3,(H2,18,21). The quantitative estimate of drug-likeness (QED) is 0.798. The summed E-state index contributed by atoms with van der Waals surface area (Å²) in [4.78, 5) is 15.3. The van der Waals surface area contributed by atoms with E-state index in [0.717, 1.165) is 22.3 Å². The van der Waals surface area contributed by atoms with Crippen LogP contribution in [-0.4, -0.2) is 31.8 Å². The molecule has 0 spiro atoms. The molecule has 1 aromatic carbocycles. The SMILES string of the molecule is CC1=C(c2ncco2)N=C(N)CN1Cc1cccc2c1ncn2C. The number of fused-ring (bicyclic) bond motifs is 1. The maximum Gasteiger partial charge on any atom is 0.246 e. The van der Waals surface area contributed by atoms with Crippen LogP contribution < -0.4 is 5.73 Å². The molecule has 24 heavy (non-hydrogen) atoms. The molecule has 7 heteroatoms. The normalized spacial score (nSPS) is 15.2. The van der Waals surface area contributed by atoms with Crippen molar-refractivity contribution in [3.63, 3.8) is 0 Å². The smallest absolute Gasteiger partial charge is 0.246 e. The van der Waals surface area contributed by atoms with Gasteiger partial charge in [-0.25, -0.2) is 15.0 Å². The van der Waals surface area contributed by atoms with Crippen LogP contribution in [-0.2, 0) is 13.6 Å². The van der Waals surface area contributed by atoms with E-state index in [2.05, 4.69) is 38.1 Å². The van der Waals surface area contributed by atoms with Crippen LogP contribution in [0.1, 0.15) is 18.4 Å². The second-order valence-electron chi connectivity index (χ2n) is 5.87. The molecule has 1 aliphatic heterocycles. The van der Waals surface area contributed by atoms with E-state index >= 15 is 0 Å². The first-order chi connectivity index (χ1) is 11.6. The molecule has 0 amide bonds. The molecule has 0 unspecified atom stereocenters. The number of benzene rings is 1. The molecule has 0 bridgehead atoms. The summed E-state index contributed by atoms with van der Waals surface area (Å²) in [6, 6.07) is 6.21. The lowest BCUT2D eigenvalue weighted by Gasteiger charge is -2.29. The predicted molar refractivity (Wildman–Crippen MR) is 91.8 cm³/mol. The summed E-state index contributed by atoms with van der Waals surface area (Å²) in [7, 11) is 2.00. The lowest BCUT2D eigenvalue weighted by Crippen LogP contribution is -2.36. The van der Waals surface area contributed by atoms with Crippen molar-refractivity contribution < 1.29 is 4.42 Å². The van der Waals surface area contributed by atoms with Crippen LogP contribution in [0.25, 0.3) is 16.7 Å². The van der Waals surface area contributed by atoms with E-state index in [9.17, 15) is 0 Å². The van der Waals surface area contributed by atoms with E-state index in [1.54, 1.807) is 6.20 Å². The van der Waals surface area contributed by atoms with Gasteiger partial charge in [0.1, 0.15) is 17.8 Å². The number of para-hydroxylation sites is 1. The zero-order valence-electron chi connectivity index (χ0n) is 13.6. The Balaban J connectivity index is 1.72. The number of aromatic nitrogens is 3. The molecule has 1 aliphatic rings. The number of rotatable bonds is 3. The second kappa shape index (κ2) is 5.52. The zero-order valence-corrected chi connectivity index (χ0v) is 13.6. The van der Waals surface area contributed by atoms with Crippen molar-refractivity contribution in [1.29, 1.82) is 0 Å². The van der Waals surface area contributed by atoms with Gasteiger partial charge in [0.05, 0.1) is 30.1 Å². The van der Waals surface area contributed by atoms with Crippen molar-refractivity contribution >= 4 is 22.6 Å². The van der Waals surface area contributed by atoms with Gasteiger partial charge in [-0.2, -0.15) is 0 Å². The maximum atomic E-state index is 6.04. The molecule has 2 aromatic heterocycles. The van der Waals surface area contributed by atoms with E-state index in [-0.39, 0.29) is 0 Å². The fourth-order valence-corrected chi connectivity index (χ4v) is 2.99. The van der Waals surface area contributed by atoms with Crippen molar-refractivity contribution in [2.75, 3.05) is 6.54 Å². The van der Waals surface area contributed by atoms with Gasteiger partial charge in [-0.1, -0.05) is 12.1 Å². The van der Waals surface area contributed by atoms with Crippen molar-refractivity contribution in [2.24, 2.45) is 17.8 Å². The van der Waals surface area contributed by atoms with Crippen LogP contribution in [0.2, 0.25) is 0 Å². The lowest BCUT2D eigenvalue weighted by atomic mass is 10.1. The van der Waals surface area contributed by atoms with Crippen molar-refractivity contribution in [1.82, 2.24) is 19.4 Å². The fourth-order valence-electron chi connectivity index (χ4n) is 2.99. The summed E-state index contributed by atoms with van der Waals surface area (Å²) in [6.45, 7) is 3.27. The van der Waals surface area contributed by atoms with Crippen LogP contribution in [0.3, 0.4) is 0 Å². The number of hydrogen-bond acceptors (Lipinski definition) is 6. The highest BCUT2D eigenvalue weighted by atomic mass is 16.3. The van der Waals surface area contributed by atoms with Gasteiger partial charge in [0.15, 0.2) is 0 Å². The number of aryl methyl sites for hydroxylation is 1. The number of hydrogen-bond donors (Lipinski definition) is 1. The van der Waals surface area contributed by atoms with Gasteiger partial charge in [-0.15, -0.1) is 0 Å². The summed E-state index contributed by atoms with van der Waals surface area (Å²) < 4.78 is 7.41. The topological polar surface area (TPSA) is 85.5 Å². The zero-order chi connectivity index (χ0) is 16.7. The average Bonchev–Trinajstić information content (AvgIpc) is 3.22. The highest BCUT2D eigenvalue weighted by Gasteiger charge is 2.22. The van der Waals surface area contributed by atoms with E-state index in [1.807, 2.05) is 24.9 Å². The first-order valence-electron chi connectivity index (χ1n) is 7.71. The minimum atomic E-state index is 0.483. The average molecular weight is 322 g/mol. The van der Waals surface area contributed by atoms with Crippen molar-refractivity contribution in [3.05, 3.63) is 54.1 Å². The van der Waals surface area contributed by atoms with E-state index < -0.39 is 0 Å². The van der Waals surface area contributed by atoms with Crippen LogP contribution >= 0.6 is 0 Å². The molecule has 2 N–H and O–H groups in total. The molecule has 122 valence electrons.